The van der Waals surface area contributed by atoms with Crippen LogP contribution < -0.4 is 10.0 Å². The highest BCUT2D eigenvalue weighted by Crippen LogP contribution is 2.15. The van der Waals surface area contributed by atoms with E-state index >= 15 is 0 Å². The van der Waals surface area contributed by atoms with Gasteiger partial charge in [0.05, 0.1) is 9.82 Å². The Labute approximate surface area is 151 Å². The molecule has 0 radical (unpaired) electrons. The number of carbonyl (C=O) groups excluding carboxylic acids is 1. The summed E-state index contributed by atoms with van der Waals surface area (Å²) in [7, 11) is -3.81. The Bertz CT molecular complexity index is 852. The van der Waals surface area contributed by atoms with E-state index in [2.05, 4.69) is 10.0 Å². The summed E-state index contributed by atoms with van der Waals surface area (Å²) in [4.78, 5) is 21.6. The maximum absolute atomic E-state index is 12.1. The van der Waals surface area contributed by atoms with E-state index in [1.807, 2.05) is 30.3 Å². The van der Waals surface area contributed by atoms with Crippen LogP contribution in [0.2, 0.25) is 0 Å². The molecule has 0 spiro atoms. The summed E-state index contributed by atoms with van der Waals surface area (Å²) < 4.78 is 26.5. The first-order valence-electron chi connectivity index (χ1n) is 7.93. The fourth-order valence-electron chi connectivity index (χ4n) is 2.21. The van der Waals surface area contributed by atoms with E-state index in [4.69, 9.17) is 0 Å². The number of rotatable bonds is 9. The lowest BCUT2D eigenvalue weighted by atomic mass is 10.1. The third-order valence-corrected chi connectivity index (χ3v) is 5.06. The average molecular weight is 377 g/mol. The van der Waals surface area contributed by atoms with Crippen LogP contribution in [0.3, 0.4) is 0 Å². The predicted octanol–water partition coefficient (Wildman–Crippen LogP) is 1.62. The molecule has 0 aliphatic rings. The molecule has 1 amide bonds. The number of nitro groups is 1. The number of sulfonamides is 1. The molecule has 0 heterocycles. The molecule has 0 aromatic heterocycles. The summed E-state index contributed by atoms with van der Waals surface area (Å²) in [5.41, 5.74) is 0.911. The molecular weight excluding hydrogens is 358 g/mol. The Kier molecular flexibility index (Phi) is 6.81. The van der Waals surface area contributed by atoms with Gasteiger partial charge in [-0.15, -0.1) is 0 Å². The van der Waals surface area contributed by atoms with Gasteiger partial charge in [-0.25, -0.2) is 13.1 Å². The molecule has 0 atom stereocenters. The minimum absolute atomic E-state index is 0.000993. The Morgan fingerprint density at radius 2 is 1.65 bits per heavy atom. The van der Waals surface area contributed by atoms with Gasteiger partial charge in [-0.3, -0.25) is 14.9 Å². The molecule has 0 saturated carbocycles. The van der Waals surface area contributed by atoms with Crippen LogP contribution in [0.5, 0.6) is 0 Å². The zero-order valence-electron chi connectivity index (χ0n) is 13.9. The molecule has 0 saturated heterocycles. The van der Waals surface area contributed by atoms with Crippen molar-refractivity contribution in [1.82, 2.24) is 10.0 Å². The summed E-state index contributed by atoms with van der Waals surface area (Å²) in [6.45, 7) is 0.411. The van der Waals surface area contributed by atoms with E-state index in [-0.39, 0.29) is 29.5 Å². The van der Waals surface area contributed by atoms with E-state index in [1.54, 1.807) is 0 Å². The fourth-order valence-corrected chi connectivity index (χ4v) is 3.24. The first-order chi connectivity index (χ1) is 12.4. The number of hydrogen-bond donors (Lipinski definition) is 2. The molecule has 0 aliphatic carbocycles. The molecule has 2 aromatic carbocycles. The molecule has 138 valence electrons. The van der Waals surface area contributed by atoms with Crippen LogP contribution in [0.4, 0.5) is 5.69 Å². The molecule has 8 nitrogen and oxygen atoms in total. The van der Waals surface area contributed by atoms with E-state index in [0.717, 1.165) is 29.8 Å². The van der Waals surface area contributed by atoms with Gasteiger partial charge in [-0.05, 0) is 24.1 Å². The van der Waals surface area contributed by atoms with Gasteiger partial charge < -0.3 is 5.32 Å². The quantitative estimate of drug-likeness (QED) is 0.508. The molecule has 9 heteroatoms. The Morgan fingerprint density at radius 3 is 2.27 bits per heavy atom. The highest BCUT2D eigenvalue weighted by molar-refractivity contribution is 7.89. The van der Waals surface area contributed by atoms with Crippen molar-refractivity contribution < 1.29 is 18.1 Å². The summed E-state index contributed by atoms with van der Waals surface area (Å²) in [5, 5.41) is 13.3. The lowest BCUT2D eigenvalue weighted by molar-refractivity contribution is -0.384. The van der Waals surface area contributed by atoms with Crippen LogP contribution in [0.1, 0.15) is 12.0 Å². The van der Waals surface area contributed by atoms with Crippen LogP contribution in [-0.4, -0.2) is 32.3 Å². The number of nitrogens with zero attached hydrogens (tertiary/aromatic N) is 1. The third kappa shape index (κ3) is 5.94. The average Bonchev–Trinajstić information content (AvgIpc) is 2.62. The summed E-state index contributed by atoms with van der Waals surface area (Å²) in [6, 6.07) is 14.2. The molecule has 26 heavy (non-hydrogen) atoms. The number of hydrogen-bond acceptors (Lipinski definition) is 5. The van der Waals surface area contributed by atoms with Gasteiger partial charge >= 0.3 is 0 Å². The van der Waals surface area contributed by atoms with Gasteiger partial charge in [0.15, 0.2) is 0 Å². The number of nitrogens with one attached hydrogen (secondary N) is 2. The second-order valence-electron chi connectivity index (χ2n) is 5.48. The van der Waals surface area contributed by atoms with Crippen molar-refractivity contribution in [2.24, 2.45) is 0 Å². The number of non-ortho nitro benzene ring substituents is 1. The summed E-state index contributed by atoms with van der Waals surface area (Å²) in [5.74, 6) is -0.257. The lowest BCUT2D eigenvalue weighted by Crippen LogP contribution is -2.31. The van der Waals surface area contributed by atoms with Gasteiger partial charge in [0.25, 0.3) is 5.69 Å². The highest BCUT2D eigenvalue weighted by atomic mass is 32.2. The van der Waals surface area contributed by atoms with Crippen molar-refractivity contribution in [2.75, 3.05) is 13.1 Å². The number of nitro benzene ring substituents is 1. The minimum Gasteiger partial charge on any atom is -0.356 e. The molecule has 0 aliphatic heterocycles. The smallest absolute Gasteiger partial charge is 0.269 e. The van der Waals surface area contributed by atoms with Gasteiger partial charge in [-0.2, -0.15) is 0 Å². The molecule has 0 fully saturated rings. The van der Waals surface area contributed by atoms with Crippen molar-refractivity contribution in [3.63, 3.8) is 0 Å². The standard InChI is InChI=1S/C17H19N3O5S/c21-17(18-12-10-14-4-2-1-3-5-14)11-13-19-26(24,25)16-8-6-15(7-9-16)20(22)23/h1-9,19H,10-13H2,(H,18,21). The van der Waals surface area contributed by atoms with Gasteiger partial charge in [0.1, 0.15) is 0 Å². The van der Waals surface area contributed by atoms with E-state index in [1.165, 1.54) is 0 Å². The van der Waals surface area contributed by atoms with Crippen molar-refractivity contribution >= 4 is 21.6 Å². The number of benzene rings is 2. The van der Waals surface area contributed by atoms with E-state index in [9.17, 15) is 23.3 Å². The SMILES string of the molecule is O=C(CCNS(=O)(=O)c1ccc([N+](=O)[O-])cc1)NCCc1ccccc1. The minimum atomic E-state index is -3.81. The maximum Gasteiger partial charge on any atom is 0.269 e. The van der Waals surface area contributed by atoms with Crippen molar-refractivity contribution in [2.45, 2.75) is 17.7 Å². The molecular formula is C17H19N3O5S. The Morgan fingerprint density at radius 1 is 1.00 bits per heavy atom. The first kappa shape index (κ1) is 19.5. The second-order valence-corrected chi connectivity index (χ2v) is 7.25. The topological polar surface area (TPSA) is 118 Å². The van der Waals surface area contributed by atoms with Gasteiger partial charge in [0, 0.05) is 31.6 Å². The first-order valence-corrected chi connectivity index (χ1v) is 9.41. The van der Waals surface area contributed by atoms with Crippen molar-refractivity contribution in [1.29, 1.82) is 0 Å². The van der Waals surface area contributed by atoms with Crippen molar-refractivity contribution in [3.05, 3.63) is 70.3 Å². The number of carbonyl (C=O) groups is 1. The van der Waals surface area contributed by atoms with Gasteiger partial charge in [-0.1, -0.05) is 30.3 Å². The van der Waals surface area contributed by atoms with Crippen LogP contribution in [0, 0.1) is 10.1 Å². The fraction of sp³-hybridized carbons (Fsp3) is 0.235. The van der Waals surface area contributed by atoms with Crippen molar-refractivity contribution in [3.8, 4) is 0 Å². The molecule has 0 unspecified atom stereocenters. The summed E-state index contributed by atoms with van der Waals surface area (Å²) >= 11 is 0. The second kappa shape index (κ2) is 9.07. The maximum atomic E-state index is 12.1. The van der Waals surface area contributed by atoms with E-state index < -0.39 is 14.9 Å². The molecule has 2 rings (SSSR count). The zero-order valence-corrected chi connectivity index (χ0v) is 14.7. The van der Waals surface area contributed by atoms with E-state index in [0.29, 0.717) is 13.0 Å². The highest BCUT2D eigenvalue weighted by Gasteiger charge is 2.15. The predicted molar refractivity (Wildman–Crippen MR) is 96.1 cm³/mol. The third-order valence-electron chi connectivity index (χ3n) is 3.58. The normalized spacial score (nSPS) is 11.1. The monoisotopic (exact) mass is 377 g/mol. The Hall–Kier alpha value is -2.78. The largest absolute Gasteiger partial charge is 0.356 e. The molecule has 0 bridgehead atoms. The van der Waals surface area contributed by atoms with Crippen LogP contribution in [-0.2, 0) is 21.2 Å². The van der Waals surface area contributed by atoms with Crippen LogP contribution in [0.15, 0.2) is 59.5 Å². The van der Waals surface area contributed by atoms with Crippen LogP contribution in [0.25, 0.3) is 0 Å². The molecule has 2 N–H and O–H groups in total. The summed E-state index contributed by atoms with van der Waals surface area (Å²) in [6.07, 6.45) is 0.697. The van der Waals surface area contributed by atoms with Gasteiger partial charge in [0.2, 0.25) is 15.9 Å². The number of amides is 1. The molecule has 2 aromatic rings. The Balaban J connectivity index is 1.75. The zero-order chi connectivity index (χ0) is 19.0. The lowest BCUT2D eigenvalue weighted by Gasteiger charge is -2.08. The van der Waals surface area contributed by atoms with Crippen LogP contribution >= 0.6 is 0 Å².